The molecule has 0 unspecified atom stereocenters. The highest BCUT2D eigenvalue weighted by Crippen LogP contribution is 2.24. The van der Waals surface area contributed by atoms with E-state index in [1.165, 1.54) is 0 Å². The standard InChI is InChI=1S/C27H32N2O6/c1-27(2,3)35-26(33)28-22(25(32)34-24(31)21-12-8-5-9-13-21)18-19-14-16-29(17-15-19)23(30)20-10-6-4-7-11-20/h4-13,19,22H,14-18H2,1-3H3,(H,28,33)/t22-/m0/s1. The molecule has 1 saturated heterocycles. The lowest BCUT2D eigenvalue weighted by Gasteiger charge is -2.33. The summed E-state index contributed by atoms with van der Waals surface area (Å²) in [5.74, 6) is -1.60. The molecule has 0 radical (unpaired) electrons. The maximum absolute atomic E-state index is 12.9. The number of rotatable bonds is 6. The Hall–Kier alpha value is -3.68. The Morgan fingerprint density at radius 2 is 1.46 bits per heavy atom. The van der Waals surface area contributed by atoms with Gasteiger partial charge in [0.2, 0.25) is 0 Å². The van der Waals surface area contributed by atoms with Crippen molar-refractivity contribution in [1.82, 2.24) is 10.2 Å². The normalized spacial score (nSPS) is 15.1. The molecule has 1 atom stereocenters. The molecule has 0 spiro atoms. The van der Waals surface area contributed by atoms with Gasteiger partial charge >= 0.3 is 18.0 Å². The van der Waals surface area contributed by atoms with Crippen LogP contribution in [0.4, 0.5) is 4.79 Å². The third-order valence-corrected chi connectivity index (χ3v) is 5.67. The van der Waals surface area contributed by atoms with Gasteiger partial charge in [0, 0.05) is 18.7 Å². The number of ether oxygens (including phenoxy) is 2. The molecular weight excluding hydrogens is 448 g/mol. The first-order valence-corrected chi connectivity index (χ1v) is 11.8. The van der Waals surface area contributed by atoms with Crippen molar-refractivity contribution in [2.45, 2.75) is 51.7 Å². The van der Waals surface area contributed by atoms with Gasteiger partial charge in [0.15, 0.2) is 0 Å². The lowest BCUT2D eigenvalue weighted by atomic mass is 9.90. The van der Waals surface area contributed by atoms with E-state index in [1.807, 2.05) is 18.2 Å². The second-order valence-electron chi connectivity index (χ2n) is 9.61. The highest BCUT2D eigenvalue weighted by molar-refractivity contribution is 5.98. The molecule has 2 aromatic rings. The predicted molar refractivity (Wildman–Crippen MR) is 130 cm³/mol. The fourth-order valence-electron chi connectivity index (χ4n) is 3.93. The number of benzene rings is 2. The number of amides is 2. The third-order valence-electron chi connectivity index (χ3n) is 5.67. The first kappa shape index (κ1) is 25.9. The van der Waals surface area contributed by atoms with E-state index >= 15 is 0 Å². The quantitative estimate of drug-likeness (QED) is 0.491. The van der Waals surface area contributed by atoms with Crippen LogP contribution < -0.4 is 5.32 Å². The minimum absolute atomic E-state index is 0.0275. The van der Waals surface area contributed by atoms with E-state index in [0.717, 1.165) is 0 Å². The number of nitrogens with one attached hydrogen (secondary N) is 1. The van der Waals surface area contributed by atoms with Crippen molar-refractivity contribution in [2.24, 2.45) is 5.92 Å². The first-order chi connectivity index (χ1) is 16.6. The smallest absolute Gasteiger partial charge is 0.408 e. The van der Waals surface area contributed by atoms with Crippen LogP contribution in [0.25, 0.3) is 0 Å². The van der Waals surface area contributed by atoms with E-state index in [0.29, 0.717) is 31.5 Å². The van der Waals surface area contributed by atoms with Crippen LogP contribution in [0.3, 0.4) is 0 Å². The average Bonchev–Trinajstić information content (AvgIpc) is 2.83. The number of hydrogen-bond acceptors (Lipinski definition) is 6. The molecular formula is C27H32N2O6. The van der Waals surface area contributed by atoms with Crippen LogP contribution in [-0.2, 0) is 14.3 Å². The van der Waals surface area contributed by atoms with Crippen molar-refractivity contribution >= 4 is 23.9 Å². The number of alkyl carbamates (subject to hydrolysis) is 1. The van der Waals surface area contributed by atoms with Crippen molar-refractivity contribution in [3.8, 4) is 0 Å². The topological polar surface area (TPSA) is 102 Å². The maximum atomic E-state index is 12.9. The summed E-state index contributed by atoms with van der Waals surface area (Å²) in [5, 5.41) is 2.57. The van der Waals surface area contributed by atoms with Gasteiger partial charge in [0.25, 0.3) is 5.91 Å². The molecule has 8 nitrogen and oxygen atoms in total. The van der Waals surface area contributed by atoms with Gasteiger partial charge in [-0.1, -0.05) is 36.4 Å². The summed E-state index contributed by atoms with van der Waals surface area (Å²) in [4.78, 5) is 52.2. The summed E-state index contributed by atoms with van der Waals surface area (Å²) in [6.07, 6.45) is 0.826. The van der Waals surface area contributed by atoms with E-state index in [-0.39, 0.29) is 23.8 Å². The second-order valence-corrected chi connectivity index (χ2v) is 9.61. The van der Waals surface area contributed by atoms with Gasteiger partial charge in [-0.3, -0.25) is 4.79 Å². The summed E-state index contributed by atoms with van der Waals surface area (Å²) in [7, 11) is 0. The first-order valence-electron chi connectivity index (χ1n) is 11.8. The maximum Gasteiger partial charge on any atom is 0.408 e. The molecule has 1 heterocycles. The molecule has 2 aromatic carbocycles. The summed E-state index contributed by atoms with van der Waals surface area (Å²) < 4.78 is 10.4. The van der Waals surface area contributed by atoms with E-state index < -0.39 is 29.7 Å². The van der Waals surface area contributed by atoms with Crippen LogP contribution in [0.15, 0.2) is 60.7 Å². The highest BCUT2D eigenvalue weighted by Gasteiger charge is 2.32. The zero-order valence-corrected chi connectivity index (χ0v) is 20.4. The lowest BCUT2D eigenvalue weighted by Crippen LogP contribution is -2.47. The third kappa shape index (κ3) is 7.95. The second kappa shape index (κ2) is 11.6. The molecule has 2 amide bonds. The molecule has 0 aliphatic carbocycles. The molecule has 1 N–H and O–H groups in total. The fraction of sp³-hybridized carbons (Fsp3) is 0.407. The number of carbonyl (C=O) groups excluding carboxylic acids is 4. The van der Waals surface area contributed by atoms with Gasteiger partial charge < -0.3 is 19.7 Å². The Morgan fingerprint density at radius 1 is 0.914 bits per heavy atom. The number of carbonyl (C=O) groups is 4. The Kier molecular flexibility index (Phi) is 8.63. The molecule has 1 aliphatic heterocycles. The monoisotopic (exact) mass is 480 g/mol. The molecule has 186 valence electrons. The van der Waals surface area contributed by atoms with Crippen LogP contribution in [0.5, 0.6) is 0 Å². The van der Waals surface area contributed by atoms with Gasteiger partial charge in [-0.15, -0.1) is 0 Å². The molecule has 0 bridgehead atoms. The van der Waals surface area contributed by atoms with Crippen molar-refractivity contribution in [2.75, 3.05) is 13.1 Å². The fourth-order valence-corrected chi connectivity index (χ4v) is 3.93. The summed E-state index contributed by atoms with van der Waals surface area (Å²) in [6.45, 7) is 6.24. The molecule has 3 rings (SSSR count). The minimum Gasteiger partial charge on any atom is -0.444 e. The van der Waals surface area contributed by atoms with E-state index in [4.69, 9.17) is 9.47 Å². The number of nitrogens with zero attached hydrogens (tertiary/aromatic N) is 1. The van der Waals surface area contributed by atoms with Gasteiger partial charge in [-0.05, 0) is 70.2 Å². The molecule has 1 fully saturated rings. The van der Waals surface area contributed by atoms with Crippen molar-refractivity contribution in [3.63, 3.8) is 0 Å². The van der Waals surface area contributed by atoms with Gasteiger partial charge in [-0.25, -0.2) is 14.4 Å². The highest BCUT2D eigenvalue weighted by atomic mass is 16.6. The van der Waals surface area contributed by atoms with E-state index in [2.05, 4.69) is 5.32 Å². The van der Waals surface area contributed by atoms with Crippen LogP contribution in [0, 0.1) is 5.92 Å². The number of esters is 2. The SMILES string of the molecule is CC(C)(C)OC(=O)N[C@@H](CC1CCN(C(=O)c2ccccc2)CC1)C(=O)OC(=O)c1ccccc1. The Morgan fingerprint density at radius 3 is 2.00 bits per heavy atom. The molecule has 0 saturated carbocycles. The van der Waals surface area contributed by atoms with E-state index in [1.54, 1.807) is 68.1 Å². The van der Waals surface area contributed by atoms with Crippen LogP contribution >= 0.6 is 0 Å². The van der Waals surface area contributed by atoms with Crippen LogP contribution in [0.1, 0.15) is 60.7 Å². The van der Waals surface area contributed by atoms with Crippen LogP contribution in [0.2, 0.25) is 0 Å². The number of piperidine rings is 1. The predicted octanol–water partition coefficient (Wildman–Crippen LogP) is 4.21. The zero-order valence-electron chi connectivity index (χ0n) is 20.4. The van der Waals surface area contributed by atoms with Crippen molar-refractivity contribution < 1.29 is 28.7 Å². The zero-order chi connectivity index (χ0) is 25.4. The van der Waals surface area contributed by atoms with Gasteiger partial charge in [-0.2, -0.15) is 0 Å². The van der Waals surface area contributed by atoms with Crippen molar-refractivity contribution in [3.05, 3.63) is 71.8 Å². The number of likely N-dealkylation sites (tertiary alicyclic amines) is 1. The molecule has 35 heavy (non-hydrogen) atoms. The molecule has 1 aliphatic rings. The molecule has 8 heteroatoms. The Balaban J connectivity index is 1.62. The largest absolute Gasteiger partial charge is 0.444 e. The summed E-state index contributed by atoms with van der Waals surface area (Å²) in [5.41, 5.74) is 0.129. The minimum atomic E-state index is -1.06. The average molecular weight is 481 g/mol. The number of hydrogen-bond donors (Lipinski definition) is 1. The Labute approximate surface area is 205 Å². The summed E-state index contributed by atoms with van der Waals surface area (Å²) in [6, 6.07) is 16.2. The van der Waals surface area contributed by atoms with Crippen molar-refractivity contribution in [1.29, 1.82) is 0 Å². The molecule has 0 aromatic heterocycles. The van der Waals surface area contributed by atoms with E-state index in [9.17, 15) is 19.2 Å². The van der Waals surface area contributed by atoms with Gasteiger partial charge in [0.05, 0.1) is 5.56 Å². The lowest BCUT2D eigenvalue weighted by molar-refractivity contribution is -0.141. The van der Waals surface area contributed by atoms with Gasteiger partial charge in [0.1, 0.15) is 11.6 Å². The van der Waals surface area contributed by atoms with Crippen LogP contribution in [-0.4, -0.2) is 53.6 Å². The Bertz CT molecular complexity index is 1020. The summed E-state index contributed by atoms with van der Waals surface area (Å²) >= 11 is 0.